The predicted molar refractivity (Wildman–Crippen MR) is 129 cm³/mol. The Morgan fingerprint density at radius 1 is 0.862 bits per heavy atom. The van der Waals surface area contributed by atoms with Crippen LogP contribution in [0, 0.1) is 0 Å². The van der Waals surface area contributed by atoms with Gasteiger partial charge in [-0.05, 0) is 67.6 Å². The highest BCUT2D eigenvalue weighted by Crippen LogP contribution is 2.28. The second kappa shape index (κ2) is 11.2. The van der Waals surface area contributed by atoms with E-state index in [0.717, 1.165) is 46.0 Å². The number of aromatic nitrogens is 1. The lowest BCUT2D eigenvalue weighted by Crippen LogP contribution is -2.36. The van der Waals surface area contributed by atoms with E-state index in [-0.39, 0.29) is 24.8 Å². The summed E-state index contributed by atoms with van der Waals surface area (Å²) in [6, 6.07) is 17.1. The molecule has 1 aromatic heterocycles. The van der Waals surface area contributed by atoms with Gasteiger partial charge in [0.15, 0.2) is 0 Å². The topological polar surface area (TPSA) is 37.0 Å². The molecule has 0 amide bonds. The van der Waals surface area contributed by atoms with Gasteiger partial charge in [-0.2, -0.15) is 0 Å². The summed E-state index contributed by atoms with van der Waals surface area (Å²) in [5, 5.41) is 10.0. The van der Waals surface area contributed by atoms with Crippen molar-refractivity contribution in [3.63, 3.8) is 0 Å². The highest BCUT2D eigenvalue weighted by atomic mass is 35.5. The third-order valence-electron chi connectivity index (χ3n) is 5.28. The van der Waals surface area contributed by atoms with E-state index in [2.05, 4.69) is 27.8 Å². The van der Waals surface area contributed by atoms with E-state index in [1.807, 2.05) is 42.6 Å². The first kappa shape index (κ1) is 24.0. The molecule has 2 N–H and O–H groups in total. The number of fused-ring (bicyclic) bond motifs is 1. The van der Waals surface area contributed by atoms with Crippen molar-refractivity contribution in [2.45, 2.75) is 44.3 Å². The van der Waals surface area contributed by atoms with Crippen LogP contribution in [-0.2, 0) is 6.54 Å². The van der Waals surface area contributed by atoms with E-state index in [1.54, 1.807) is 0 Å². The van der Waals surface area contributed by atoms with Gasteiger partial charge in [0, 0.05) is 45.9 Å². The Balaban J connectivity index is 0.00000150. The van der Waals surface area contributed by atoms with Gasteiger partial charge in [0.2, 0.25) is 0 Å². The standard InChI is InChI=1S/C22H23Cl2N3.2ClH/c23-16-3-1-2-15(12-16)14-26-18-5-7-19(8-6-18)27-21-10-11-25-22-13-17(24)4-9-20(21)22;;/h1-4,9-13,18-19,26H,5-8,14H2,(H,25,27);2*1H/t18-,19-;;. The fourth-order valence-corrected chi connectivity index (χ4v) is 4.20. The summed E-state index contributed by atoms with van der Waals surface area (Å²) in [5.41, 5.74) is 3.32. The highest BCUT2D eigenvalue weighted by molar-refractivity contribution is 6.31. The number of hydrogen-bond acceptors (Lipinski definition) is 3. The first-order valence-corrected chi connectivity index (χ1v) is 10.2. The van der Waals surface area contributed by atoms with Crippen molar-refractivity contribution in [2.75, 3.05) is 5.32 Å². The van der Waals surface area contributed by atoms with E-state index in [0.29, 0.717) is 12.1 Å². The molecule has 1 fully saturated rings. The fraction of sp³-hybridized carbons (Fsp3) is 0.318. The van der Waals surface area contributed by atoms with Crippen LogP contribution in [0.3, 0.4) is 0 Å². The van der Waals surface area contributed by atoms with Crippen molar-refractivity contribution in [1.29, 1.82) is 0 Å². The zero-order valence-electron chi connectivity index (χ0n) is 15.9. The Kier molecular flexibility index (Phi) is 9.32. The summed E-state index contributed by atoms with van der Waals surface area (Å²) in [7, 11) is 0. The molecule has 0 bridgehead atoms. The summed E-state index contributed by atoms with van der Waals surface area (Å²) in [4.78, 5) is 4.42. The smallest absolute Gasteiger partial charge is 0.0737 e. The van der Waals surface area contributed by atoms with Gasteiger partial charge >= 0.3 is 0 Å². The summed E-state index contributed by atoms with van der Waals surface area (Å²) in [6.07, 6.45) is 6.51. The van der Waals surface area contributed by atoms with Crippen molar-refractivity contribution < 1.29 is 0 Å². The van der Waals surface area contributed by atoms with Crippen molar-refractivity contribution in [1.82, 2.24) is 10.3 Å². The van der Waals surface area contributed by atoms with E-state index in [9.17, 15) is 0 Å². The monoisotopic (exact) mass is 471 g/mol. The number of nitrogens with zero attached hydrogens (tertiary/aromatic N) is 1. The van der Waals surface area contributed by atoms with Gasteiger partial charge in [-0.15, -0.1) is 24.8 Å². The minimum atomic E-state index is 0. The predicted octanol–water partition coefficient (Wildman–Crippen LogP) is 6.90. The van der Waals surface area contributed by atoms with Crippen molar-refractivity contribution in [3.8, 4) is 0 Å². The second-order valence-electron chi connectivity index (χ2n) is 7.22. The maximum atomic E-state index is 6.09. The molecule has 3 nitrogen and oxygen atoms in total. The van der Waals surface area contributed by atoms with Crippen LogP contribution in [-0.4, -0.2) is 17.1 Å². The van der Waals surface area contributed by atoms with E-state index in [4.69, 9.17) is 23.2 Å². The molecular weight excluding hydrogens is 448 g/mol. The molecule has 1 aliphatic carbocycles. The SMILES string of the molecule is Cl.Cl.Clc1cccc(CN[C@H]2CC[C@H](Nc3ccnc4cc(Cl)ccc34)CC2)c1. The molecule has 156 valence electrons. The molecule has 0 aliphatic heterocycles. The molecule has 0 atom stereocenters. The van der Waals surface area contributed by atoms with Crippen molar-refractivity contribution in [3.05, 3.63) is 70.3 Å². The second-order valence-corrected chi connectivity index (χ2v) is 8.10. The number of benzene rings is 2. The first-order valence-electron chi connectivity index (χ1n) is 9.46. The molecule has 1 saturated carbocycles. The number of halogens is 4. The molecule has 2 aromatic carbocycles. The Labute approximate surface area is 194 Å². The molecular formula is C22H25Cl4N3. The zero-order chi connectivity index (χ0) is 18.6. The Bertz CT molecular complexity index is 927. The molecule has 0 unspecified atom stereocenters. The normalized spacial score (nSPS) is 18.6. The van der Waals surface area contributed by atoms with Gasteiger partial charge in [0.25, 0.3) is 0 Å². The lowest BCUT2D eigenvalue weighted by atomic mass is 9.90. The molecule has 0 spiro atoms. The highest BCUT2D eigenvalue weighted by Gasteiger charge is 2.21. The largest absolute Gasteiger partial charge is 0.382 e. The number of nitrogens with one attached hydrogen (secondary N) is 2. The van der Waals surface area contributed by atoms with Crippen LogP contribution in [0.5, 0.6) is 0 Å². The first-order chi connectivity index (χ1) is 13.2. The third kappa shape index (κ3) is 6.37. The molecule has 7 heteroatoms. The third-order valence-corrected chi connectivity index (χ3v) is 5.75. The van der Waals surface area contributed by atoms with Crippen LogP contribution >= 0.6 is 48.0 Å². The van der Waals surface area contributed by atoms with E-state index in [1.165, 1.54) is 18.4 Å². The lowest BCUT2D eigenvalue weighted by Gasteiger charge is -2.30. The Morgan fingerprint density at radius 2 is 1.59 bits per heavy atom. The summed E-state index contributed by atoms with van der Waals surface area (Å²) < 4.78 is 0. The molecule has 3 aromatic rings. The minimum Gasteiger partial charge on any atom is -0.382 e. The van der Waals surface area contributed by atoms with Crippen LogP contribution in [0.2, 0.25) is 10.0 Å². The van der Waals surface area contributed by atoms with Gasteiger partial charge in [0.05, 0.1) is 5.52 Å². The Hall–Kier alpha value is -1.23. The van der Waals surface area contributed by atoms with Gasteiger partial charge in [-0.25, -0.2) is 0 Å². The average Bonchev–Trinajstić information content (AvgIpc) is 2.67. The summed E-state index contributed by atoms with van der Waals surface area (Å²) >= 11 is 12.2. The van der Waals surface area contributed by atoms with Gasteiger partial charge in [-0.1, -0.05) is 35.3 Å². The number of rotatable bonds is 5. The maximum Gasteiger partial charge on any atom is 0.0737 e. The van der Waals surface area contributed by atoms with E-state index >= 15 is 0 Å². The van der Waals surface area contributed by atoms with Crippen LogP contribution in [0.4, 0.5) is 5.69 Å². The molecule has 1 aliphatic rings. The zero-order valence-corrected chi connectivity index (χ0v) is 19.1. The van der Waals surface area contributed by atoms with Gasteiger partial charge in [0.1, 0.15) is 0 Å². The molecule has 0 saturated heterocycles. The van der Waals surface area contributed by atoms with Gasteiger partial charge < -0.3 is 10.6 Å². The molecule has 4 rings (SSSR count). The van der Waals surface area contributed by atoms with E-state index < -0.39 is 0 Å². The quantitative estimate of drug-likeness (QED) is 0.424. The number of anilines is 1. The fourth-order valence-electron chi connectivity index (χ4n) is 3.82. The molecule has 1 heterocycles. The molecule has 29 heavy (non-hydrogen) atoms. The van der Waals surface area contributed by atoms with Crippen LogP contribution in [0.25, 0.3) is 10.9 Å². The molecule has 0 radical (unpaired) electrons. The van der Waals surface area contributed by atoms with Crippen LogP contribution in [0.15, 0.2) is 54.7 Å². The number of hydrogen-bond donors (Lipinski definition) is 2. The summed E-state index contributed by atoms with van der Waals surface area (Å²) in [5.74, 6) is 0. The minimum absolute atomic E-state index is 0. The number of pyridine rings is 1. The lowest BCUT2D eigenvalue weighted by molar-refractivity contribution is 0.353. The van der Waals surface area contributed by atoms with Crippen molar-refractivity contribution >= 4 is 64.6 Å². The summed E-state index contributed by atoms with van der Waals surface area (Å²) in [6.45, 7) is 0.874. The van der Waals surface area contributed by atoms with Gasteiger partial charge in [-0.3, -0.25) is 4.98 Å². The van der Waals surface area contributed by atoms with Crippen molar-refractivity contribution in [2.24, 2.45) is 0 Å². The van der Waals surface area contributed by atoms with Crippen LogP contribution in [0.1, 0.15) is 31.2 Å². The Morgan fingerprint density at radius 3 is 2.34 bits per heavy atom. The average molecular weight is 473 g/mol. The van der Waals surface area contributed by atoms with Crippen LogP contribution < -0.4 is 10.6 Å². The maximum absolute atomic E-state index is 6.09.